The largest absolute Gasteiger partial charge is 0.504 e. The van der Waals surface area contributed by atoms with E-state index >= 15 is 0 Å². The van der Waals surface area contributed by atoms with E-state index in [-0.39, 0.29) is 14.8 Å². The van der Waals surface area contributed by atoms with Crippen LogP contribution in [0, 0.1) is 0 Å². The van der Waals surface area contributed by atoms with Gasteiger partial charge in [-0.1, -0.05) is 23.2 Å². The fraction of sp³-hybridized carbons (Fsp3) is 0. The molecular formula is C12H8Cl2O4S. The molecule has 7 heteroatoms. The van der Waals surface area contributed by atoms with Gasteiger partial charge >= 0.3 is 0 Å². The first-order valence-corrected chi connectivity index (χ1v) is 7.28. The van der Waals surface area contributed by atoms with Crippen LogP contribution in [0.5, 0.6) is 11.5 Å². The number of hydrogen-bond acceptors (Lipinski definition) is 4. The number of rotatable bonds is 2. The van der Waals surface area contributed by atoms with Gasteiger partial charge in [0.05, 0.1) is 14.8 Å². The lowest BCUT2D eigenvalue weighted by Crippen LogP contribution is -2.02. The predicted octanol–water partition coefficient (Wildman–Crippen LogP) is 3.24. The van der Waals surface area contributed by atoms with Gasteiger partial charge in [-0.2, -0.15) is 0 Å². The monoisotopic (exact) mass is 318 g/mol. The maximum Gasteiger partial charge on any atom is 0.208 e. The van der Waals surface area contributed by atoms with Crippen LogP contribution in [0.3, 0.4) is 0 Å². The number of phenols is 2. The highest BCUT2D eigenvalue weighted by Crippen LogP contribution is 2.36. The van der Waals surface area contributed by atoms with Crippen molar-refractivity contribution >= 4 is 33.0 Å². The first kappa shape index (κ1) is 14.0. The summed E-state index contributed by atoms with van der Waals surface area (Å²) in [6.45, 7) is 0. The Balaban J connectivity index is 2.63. The van der Waals surface area contributed by atoms with Gasteiger partial charge in [0.1, 0.15) is 0 Å². The van der Waals surface area contributed by atoms with E-state index in [0.717, 1.165) is 12.1 Å². The second-order valence-electron chi connectivity index (χ2n) is 3.73. The third-order valence-corrected chi connectivity index (χ3v) is 4.93. The molecule has 0 aromatic heterocycles. The molecule has 0 atom stereocenters. The van der Waals surface area contributed by atoms with Crippen LogP contribution in [0.2, 0.25) is 10.0 Å². The molecule has 0 aliphatic heterocycles. The molecule has 100 valence electrons. The molecule has 0 radical (unpaired) electrons. The van der Waals surface area contributed by atoms with Gasteiger partial charge in [0.2, 0.25) is 9.84 Å². The maximum absolute atomic E-state index is 12.3. The van der Waals surface area contributed by atoms with Crippen molar-refractivity contribution in [2.45, 2.75) is 9.79 Å². The summed E-state index contributed by atoms with van der Waals surface area (Å²) >= 11 is 11.5. The highest BCUT2D eigenvalue weighted by molar-refractivity contribution is 7.91. The van der Waals surface area contributed by atoms with Crippen molar-refractivity contribution in [2.75, 3.05) is 0 Å². The van der Waals surface area contributed by atoms with Crippen LogP contribution in [0.15, 0.2) is 46.2 Å². The summed E-state index contributed by atoms with van der Waals surface area (Å²) in [5.74, 6) is -1.04. The van der Waals surface area contributed by atoms with Crippen LogP contribution in [0.25, 0.3) is 0 Å². The van der Waals surface area contributed by atoms with Crippen molar-refractivity contribution in [3.63, 3.8) is 0 Å². The van der Waals surface area contributed by atoms with E-state index in [2.05, 4.69) is 0 Å². The molecule has 0 aliphatic carbocycles. The van der Waals surface area contributed by atoms with Crippen molar-refractivity contribution in [1.29, 1.82) is 0 Å². The molecule has 2 rings (SSSR count). The molecule has 4 nitrogen and oxygen atoms in total. The highest BCUT2D eigenvalue weighted by atomic mass is 35.5. The van der Waals surface area contributed by atoms with E-state index in [4.69, 9.17) is 23.2 Å². The third-order valence-electron chi connectivity index (χ3n) is 2.44. The highest BCUT2D eigenvalue weighted by Gasteiger charge is 2.22. The molecule has 0 saturated heterocycles. The van der Waals surface area contributed by atoms with Crippen LogP contribution in [-0.2, 0) is 9.84 Å². The van der Waals surface area contributed by atoms with Crippen LogP contribution in [0.4, 0.5) is 0 Å². The Bertz CT molecular complexity index is 724. The van der Waals surface area contributed by atoms with Gasteiger partial charge in [-0.05, 0) is 24.3 Å². The normalized spacial score (nSPS) is 11.5. The lowest BCUT2D eigenvalue weighted by atomic mass is 10.3. The second kappa shape index (κ2) is 4.92. The van der Waals surface area contributed by atoms with E-state index in [1.807, 2.05) is 0 Å². The Hall–Kier alpha value is -1.43. The van der Waals surface area contributed by atoms with E-state index in [9.17, 15) is 18.6 Å². The Morgan fingerprint density at radius 2 is 1.42 bits per heavy atom. The molecule has 0 fully saturated rings. The first-order valence-electron chi connectivity index (χ1n) is 5.04. The van der Waals surface area contributed by atoms with Gasteiger partial charge in [0.15, 0.2) is 11.5 Å². The van der Waals surface area contributed by atoms with Crippen LogP contribution in [0.1, 0.15) is 0 Å². The summed E-state index contributed by atoms with van der Waals surface area (Å²) in [7, 11) is -3.89. The zero-order valence-electron chi connectivity index (χ0n) is 9.34. The molecule has 2 aromatic carbocycles. The number of phenolic OH excluding ortho intramolecular Hbond substituents is 2. The zero-order chi connectivity index (χ0) is 14.2. The fourth-order valence-electron chi connectivity index (χ4n) is 1.48. The van der Waals surface area contributed by atoms with Crippen LogP contribution < -0.4 is 0 Å². The Morgan fingerprint density at radius 1 is 0.895 bits per heavy atom. The number of aromatic hydroxyl groups is 2. The SMILES string of the molecule is O=S(=O)(c1ccc(Cl)cc1)c1cc(O)c(O)cc1Cl. The average molecular weight is 319 g/mol. The molecule has 0 amide bonds. The third kappa shape index (κ3) is 2.63. The molecule has 2 N–H and O–H groups in total. The number of sulfone groups is 1. The summed E-state index contributed by atoms with van der Waals surface area (Å²) in [6, 6.07) is 7.41. The lowest BCUT2D eigenvalue weighted by Gasteiger charge is -2.08. The minimum atomic E-state index is -3.89. The minimum Gasteiger partial charge on any atom is -0.504 e. The molecule has 19 heavy (non-hydrogen) atoms. The molecular weight excluding hydrogens is 311 g/mol. The average Bonchev–Trinajstić information content (AvgIpc) is 2.34. The van der Waals surface area contributed by atoms with E-state index in [0.29, 0.717) is 5.02 Å². The van der Waals surface area contributed by atoms with Gasteiger partial charge in [0, 0.05) is 17.2 Å². The molecule has 0 unspecified atom stereocenters. The molecule has 0 saturated carbocycles. The predicted molar refractivity (Wildman–Crippen MR) is 71.7 cm³/mol. The summed E-state index contributed by atoms with van der Waals surface area (Å²) < 4.78 is 24.6. The smallest absolute Gasteiger partial charge is 0.208 e. The Labute approximate surface area is 119 Å². The number of hydrogen-bond donors (Lipinski definition) is 2. The van der Waals surface area contributed by atoms with Crippen LogP contribution in [-0.4, -0.2) is 18.6 Å². The maximum atomic E-state index is 12.3. The topological polar surface area (TPSA) is 74.6 Å². The van der Waals surface area contributed by atoms with Gasteiger partial charge < -0.3 is 10.2 Å². The van der Waals surface area contributed by atoms with Gasteiger partial charge in [-0.3, -0.25) is 0 Å². The molecule has 2 aromatic rings. The zero-order valence-corrected chi connectivity index (χ0v) is 11.7. The standard InChI is InChI=1S/C12H8Cl2O4S/c13-7-1-3-8(4-2-7)19(17,18)12-6-11(16)10(15)5-9(12)14/h1-6,15-16H. The molecule has 0 aliphatic rings. The van der Waals surface area contributed by atoms with E-state index in [1.54, 1.807) is 0 Å². The summed E-state index contributed by atoms with van der Waals surface area (Å²) in [5.41, 5.74) is 0. The number of halogens is 2. The molecule has 0 bridgehead atoms. The lowest BCUT2D eigenvalue weighted by molar-refractivity contribution is 0.402. The number of benzene rings is 2. The van der Waals surface area contributed by atoms with Crippen molar-refractivity contribution in [3.05, 3.63) is 46.4 Å². The van der Waals surface area contributed by atoms with E-state index in [1.165, 1.54) is 24.3 Å². The van der Waals surface area contributed by atoms with Gasteiger partial charge in [0.25, 0.3) is 0 Å². The second-order valence-corrected chi connectivity index (χ2v) is 6.49. The van der Waals surface area contributed by atoms with Gasteiger partial charge in [-0.15, -0.1) is 0 Å². The quantitative estimate of drug-likeness (QED) is 0.833. The van der Waals surface area contributed by atoms with Crippen molar-refractivity contribution in [3.8, 4) is 11.5 Å². The van der Waals surface area contributed by atoms with Crippen molar-refractivity contribution in [1.82, 2.24) is 0 Å². The minimum absolute atomic E-state index is 0.0103. The summed E-state index contributed by atoms with van der Waals surface area (Å²) in [4.78, 5) is -0.296. The van der Waals surface area contributed by atoms with Crippen molar-refractivity contribution < 1.29 is 18.6 Å². The van der Waals surface area contributed by atoms with E-state index < -0.39 is 21.3 Å². The molecule has 0 heterocycles. The summed E-state index contributed by atoms with van der Waals surface area (Å²) in [5, 5.41) is 18.9. The first-order chi connectivity index (χ1) is 8.82. The fourth-order valence-corrected chi connectivity index (χ4v) is 3.40. The summed E-state index contributed by atoms with van der Waals surface area (Å²) in [6.07, 6.45) is 0. The Morgan fingerprint density at radius 3 is 2.00 bits per heavy atom. The van der Waals surface area contributed by atoms with Crippen LogP contribution >= 0.6 is 23.2 Å². The molecule has 0 spiro atoms. The van der Waals surface area contributed by atoms with Crippen molar-refractivity contribution in [2.24, 2.45) is 0 Å². The van der Waals surface area contributed by atoms with Gasteiger partial charge in [-0.25, -0.2) is 8.42 Å². The Kier molecular flexibility index (Phi) is 3.62.